The highest BCUT2D eigenvalue weighted by atomic mass is 15.2. The number of nitrogens with zero attached hydrogens (tertiary/aromatic N) is 3. The van der Waals surface area contributed by atoms with E-state index in [1.165, 1.54) is 18.4 Å². The highest BCUT2D eigenvalue weighted by Gasteiger charge is 2.18. The molecule has 1 fully saturated rings. The van der Waals surface area contributed by atoms with Crippen molar-refractivity contribution in [1.82, 2.24) is 9.97 Å². The van der Waals surface area contributed by atoms with Gasteiger partial charge in [0.25, 0.3) is 0 Å². The Morgan fingerprint density at radius 2 is 1.82 bits per heavy atom. The van der Waals surface area contributed by atoms with Gasteiger partial charge in [-0.2, -0.15) is 0 Å². The molecule has 116 valence electrons. The lowest BCUT2D eigenvalue weighted by molar-refractivity contribution is 0.436. The van der Waals surface area contributed by atoms with Crippen LogP contribution in [0.15, 0.2) is 30.3 Å². The average molecular weight is 296 g/mol. The second kappa shape index (κ2) is 6.34. The number of aromatic nitrogens is 2. The van der Waals surface area contributed by atoms with Crippen LogP contribution in [0.5, 0.6) is 0 Å². The molecule has 1 aliphatic heterocycles. The third kappa shape index (κ3) is 3.38. The number of hydrogen-bond donors (Lipinski definition) is 1. The normalized spacial score (nSPS) is 15.9. The van der Waals surface area contributed by atoms with Crippen LogP contribution in [-0.4, -0.2) is 23.1 Å². The first-order chi connectivity index (χ1) is 10.6. The Morgan fingerprint density at radius 1 is 1.09 bits per heavy atom. The Morgan fingerprint density at radius 3 is 2.55 bits per heavy atom. The van der Waals surface area contributed by atoms with Crippen LogP contribution in [0.25, 0.3) is 0 Å². The first-order valence-electron chi connectivity index (χ1n) is 8.05. The van der Waals surface area contributed by atoms with Crippen LogP contribution in [0, 0.1) is 19.8 Å². The summed E-state index contributed by atoms with van der Waals surface area (Å²) in [6, 6.07) is 10.3. The number of benzene rings is 1. The predicted octanol–water partition coefficient (Wildman–Crippen LogP) is 4.07. The van der Waals surface area contributed by atoms with E-state index >= 15 is 0 Å². The van der Waals surface area contributed by atoms with Gasteiger partial charge in [0.1, 0.15) is 17.5 Å². The van der Waals surface area contributed by atoms with E-state index in [0.29, 0.717) is 0 Å². The Hall–Kier alpha value is -2.10. The number of nitrogens with one attached hydrogen (secondary N) is 1. The number of hydrogen-bond acceptors (Lipinski definition) is 4. The molecule has 0 unspecified atom stereocenters. The van der Waals surface area contributed by atoms with Crippen LogP contribution in [0.3, 0.4) is 0 Å². The van der Waals surface area contributed by atoms with Crippen molar-refractivity contribution >= 4 is 17.3 Å². The molecule has 4 heteroatoms. The van der Waals surface area contributed by atoms with Crippen LogP contribution in [-0.2, 0) is 0 Å². The summed E-state index contributed by atoms with van der Waals surface area (Å²) in [5.74, 6) is 3.54. The summed E-state index contributed by atoms with van der Waals surface area (Å²) in [6.45, 7) is 8.55. The summed E-state index contributed by atoms with van der Waals surface area (Å²) in [4.78, 5) is 11.5. The van der Waals surface area contributed by atoms with Gasteiger partial charge >= 0.3 is 0 Å². The molecule has 0 atom stereocenters. The standard InChI is InChI=1S/C18H24N4/c1-13-8-10-22(11-9-13)18-12-17(19-15(3)20-18)21-16-7-5-4-6-14(16)2/h4-7,12-13H,8-11H2,1-3H3,(H,19,20,21). The van der Waals surface area contributed by atoms with Crippen molar-refractivity contribution in [3.05, 3.63) is 41.7 Å². The molecule has 0 aliphatic carbocycles. The third-order valence-corrected chi connectivity index (χ3v) is 4.34. The van der Waals surface area contributed by atoms with E-state index in [-0.39, 0.29) is 0 Å². The van der Waals surface area contributed by atoms with Gasteiger partial charge in [-0.25, -0.2) is 9.97 Å². The first-order valence-corrected chi connectivity index (χ1v) is 8.05. The fourth-order valence-corrected chi connectivity index (χ4v) is 2.87. The molecule has 1 saturated heterocycles. The van der Waals surface area contributed by atoms with E-state index in [9.17, 15) is 0 Å². The minimum absolute atomic E-state index is 0.812. The van der Waals surface area contributed by atoms with Gasteiger partial charge < -0.3 is 10.2 Å². The van der Waals surface area contributed by atoms with Crippen molar-refractivity contribution in [1.29, 1.82) is 0 Å². The predicted molar refractivity (Wildman–Crippen MR) is 91.8 cm³/mol. The molecule has 0 amide bonds. The largest absolute Gasteiger partial charge is 0.356 e. The van der Waals surface area contributed by atoms with Gasteiger partial charge in [-0.05, 0) is 44.2 Å². The lowest BCUT2D eigenvalue weighted by Crippen LogP contribution is -2.33. The molecule has 4 nitrogen and oxygen atoms in total. The molecule has 0 saturated carbocycles. The summed E-state index contributed by atoms with van der Waals surface area (Å²) in [5.41, 5.74) is 2.31. The molecule has 1 aliphatic rings. The molecule has 0 radical (unpaired) electrons. The van der Waals surface area contributed by atoms with Gasteiger partial charge in [0, 0.05) is 24.8 Å². The Kier molecular flexibility index (Phi) is 4.27. The lowest BCUT2D eigenvalue weighted by Gasteiger charge is -2.31. The van der Waals surface area contributed by atoms with Gasteiger partial charge in [-0.1, -0.05) is 25.1 Å². The minimum Gasteiger partial charge on any atom is -0.356 e. The van der Waals surface area contributed by atoms with Gasteiger partial charge in [0.05, 0.1) is 0 Å². The summed E-state index contributed by atoms with van der Waals surface area (Å²) >= 11 is 0. The lowest BCUT2D eigenvalue weighted by atomic mass is 9.99. The maximum Gasteiger partial charge on any atom is 0.136 e. The van der Waals surface area contributed by atoms with Crippen LogP contribution in [0.4, 0.5) is 17.3 Å². The molecule has 22 heavy (non-hydrogen) atoms. The number of para-hydroxylation sites is 1. The summed E-state index contributed by atoms with van der Waals surface area (Å²) < 4.78 is 0. The molecule has 0 spiro atoms. The number of anilines is 3. The smallest absolute Gasteiger partial charge is 0.136 e. The maximum atomic E-state index is 4.62. The van der Waals surface area contributed by atoms with Crippen LogP contribution in [0.2, 0.25) is 0 Å². The highest BCUT2D eigenvalue weighted by molar-refractivity contribution is 5.62. The first kappa shape index (κ1) is 14.8. The third-order valence-electron chi connectivity index (χ3n) is 4.34. The van der Waals surface area contributed by atoms with Gasteiger partial charge in [-0.3, -0.25) is 0 Å². The molecule has 2 heterocycles. The van der Waals surface area contributed by atoms with Crippen molar-refractivity contribution in [2.45, 2.75) is 33.6 Å². The fourth-order valence-electron chi connectivity index (χ4n) is 2.87. The second-order valence-electron chi connectivity index (χ2n) is 6.27. The molecular formula is C18H24N4. The minimum atomic E-state index is 0.812. The van der Waals surface area contributed by atoms with E-state index < -0.39 is 0 Å². The van der Waals surface area contributed by atoms with Gasteiger partial charge in [-0.15, -0.1) is 0 Å². The van der Waals surface area contributed by atoms with Gasteiger partial charge in [0.15, 0.2) is 0 Å². The van der Waals surface area contributed by atoms with E-state index in [2.05, 4.69) is 52.2 Å². The maximum absolute atomic E-state index is 4.62. The average Bonchev–Trinajstić information content (AvgIpc) is 2.50. The van der Waals surface area contributed by atoms with E-state index in [1.54, 1.807) is 0 Å². The van der Waals surface area contributed by atoms with Crippen molar-refractivity contribution < 1.29 is 0 Å². The molecule has 3 rings (SSSR count). The van der Waals surface area contributed by atoms with Crippen LogP contribution >= 0.6 is 0 Å². The zero-order valence-corrected chi connectivity index (χ0v) is 13.6. The molecule has 1 aromatic heterocycles. The SMILES string of the molecule is Cc1nc(Nc2ccccc2C)cc(N2CCC(C)CC2)n1. The van der Waals surface area contributed by atoms with Crippen LogP contribution < -0.4 is 10.2 Å². The quantitative estimate of drug-likeness (QED) is 0.927. The highest BCUT2D eigenvalue weighted by Crippen LogP contribution is 2.25. The Bertz CT molecular complexity index is 645. The Balaban J connectivity index is 1.82. The van der Waals surface area contributed by atoms with E-state index in [4.69, 9.17) is 0 Å². The summed E-state index contributed by atoms with van der Waals surface area (Å²) in [6.07, 6.45) is 2.48. The Labute approximate surface area is 132 Å². The summed E-state index contributed by atoms with van der Waals surface area (Å²) in [5, 5.41) is 3.42. The summed E-state index contributed by atoms with van der Waals surface area (Å²) in [7, 11) is 0. The van der Waals surface area contributed by atoms with E-state index in [0.717, 1.165) is 42.2 Å². The molecule has 1 aromatic carbocycles. The van der Waals surface area contributed by atoms with Crippen molar-refractivity contribution in [2.75, 3.05) is 23.3 Å². The van der Waals surface area contributed by atoms with Crippen molar-refractivity contribution in [2.24, 2.45) is 5.92 Å². The number of rotatable bonds is 3. The van der Waals surface area contributed by atoms with Gasteiger partial charge in [0.2, 0.25) is 0 Å². The fraction of sp³-hybridized carbons (Fsp3) is 0.444. The number of piperidine rings is 1. The molecular weight excluding hydrogens is 272 g/mol. The van der Waals surface area contributed by atoms with Crippen molar-refractivity contribution in [3.63, 3.8) is 0 Å². The zero-order chi connectivity index (χ0) is 15.5. The molecule has 2 aromatic rings. The molecule has 1 N–H and O–H groups in total. The topological polar surface area (TPSA) is 41.1 Å². The second-order valence-corrected chi connectivity index (χ2v) is 6.27. The van der Waals surface area contributed by atoms with Crippen molar-refractivity contribution in [3.8, 4) is 0 Å². The number of aryl methyl sites for hydroxylation is 2. The van der Waals surface area contributed by atoms with Crippen LogP contribution in [0.1, 0.15) is 31.2 Å². The zero-order valence-electron chi connectivity index (χ0n) is 13.6. The monoisotopic (exact) mass is 296 g/mol. The van der Waals surface area contributed by atoms with E-state index in [1.807, 2.05) is 19.1 Å². The molecule has 0 bridgehead atoms.